The third kappa shape index (κ3) is 3.17. The first-order valence-corrected chi connectivity index (χ1v) is 8.48. The molecular formula is C13H22N2O3S. The van der Waals surface area contributed by atoms with E-state index >= 15 is 0 Å². The Morgan fingerprint density at radius 2 is 1.95 bits per heavy atom. The maximum atomic E-state index is 12.4. The Hall–Kier alpha value is -0.880. The first-order chi connectivity index (χ1) is 8.92. The van der Waals surface area contributed by atoms with Gasteiger partial charge in [0.1, 0.15) is 4.90 Å². The van der Waals surface area contributed by atoms with E-state index in [0.717, 1.165) is 25.7 Å². The molecule has 1 saturated carbocycles. The van der Waals surface area contributed by atoms with Gasteiger partial charge in [-0.15, -0.1) is 0 Å². The number of aryl methyl sites for hydroxylation is 2. The second-order valence-electron chi connectivity index (χ2n) is 5.50. The van der Waals surface area contributed by atoms with Crippen LogP contribution in [0.2, 0.25) is 0 Å². The molecule has 0 radical (unpaired) electrons. The molecular weight excluding hydrogens is 264 g/mol. The van der Waals surface area contributed by atoms with Crippen LogP contribution in [0.15, 0.2) is 9.42 Å². The largest absolute Gasteiger partial charge is 0.360 e. The summed E-state index contributed by atoms with van der Waals surface area (Å²) < 4.78 is 29.8. The number of rotatable bonds is 4. The smallest absolute Gasteiger partial charge is 0.185 e. The molecule has 1 aromatic rings. The van der Waals surface area contributed by atoms with E-state index in [9.17, 15) is 8.42 Å². The fourth-order valence-electron chi connectivity index (χ4n) is 2.95. The minimum atomic E-state index is -3.41. The second kappa shape index (κ2) is 5.63. The van der Waals surface area contributed by atoms with Crippen molar-refractivity contribution in [3.63, 3.8) is 0 Å². The number of nitrogens with two attached hydrogens (primary N) is 1. The normalized spacial score (nSPS) is 19.5. The predicted octanol–water partition coefficient (Wildman–Crippen LogP) is 1.97. The molecule has 1 aliphatic rings. The molecule has 6 heteroatoms. The Morgan fingerprint density at radius 3 is 2.47 bits per heavy atom. The summed E-state index contributed by atoms with van der Waals surface area (Å²) in [4.78, 5) is 0.221. The molecule has 5 nitrogen and oxygen atoms in total. The summed E-state index contributed by atoms with van der Waals surface area (Å²) >= 11 is 0. The Balaban J connectivity index is 2.13. The van der Waals surface area contributed by atoms with Crippen molar-refractivity contribution in [2.24, 2.45) is 11.7 Å². The van der Waals surface area contributed by atoms with Crippen LogP contribution in [-0.4, -0.2) is 25.4 Å². The average molecular weight is 286 g/mol. The Labute approximate surface area is 114 Å². The lowest BCUT2D eigenvalue weighted by Crippen LogP contribution is -2.38. The summed E-state index contributed by atoms with van der Waals surface area (Å²) in [5, 5.41) is 3.71. The highest BCUT2D eigenvalue weighted by Gasteiger charge is 2.30. The van der Waals surface area contributed by atoms with Gasteiger partial charge in [0.15, 0.2) is 15.6 Å². The molecule has 0 amide bonds. The second-order valence-corrected chi connectivity index (χ2v) is 7.47. The molecule has 1 fully saturated rings. The van der Waals surface area contributed by atoms with E-state index < -0.39 is 9.84 Å². The number of hydrogen-bond donors (Lipinski definition) is 1. The molecule has 1 aromatic heterocycles. The van der Waals surface area contributed by atoms with E-state index in [1.54, 1.807) is 13.8 Å². The van der Waals surface area contributed by atoms with Crippen LogP contribution in [0.4, 0.5) is 0 Å². The number of sulfone groups is 1. The van der Waals surface area contributed by atoms with Crippen molar-refractivity contribution in [2.75, 3.05) is 5.75 Å². The van der Waals surface area contributed by atoms with Crippen molar-refractivity contribution in [3.8, 4) is 0 Å². The maximum Gasteiger partial charge on any atom is 0.185 e. The summed E-state index contributed by atoms with van der Waals surface area (Å²) in [6.45, 7) is 3.27. The van der Waals surface area contributed by atoms with Gasteiger partial charge in [-0.3, -0.25) is 0 Å². The third-order valence-corrected chi connectivity index (χ3v) is 5.97. The van der Waals surface area contributed by atoms with Crippen molar-refractivity contribution >= 4 is 9.84 Å². The number of nitrogens with zero attached hydrogens (tertiary/aromatic N) is 1. The molecule has 1 heterocycles. The fraction of sp³-hybridized carbons (Fsp3) is 0.769. The van der Waals surface area contributed by atoms with Crippen molar-refractivity contribution < 1.29 is 12.9 Å². The fourth-order valence-corrected chi connectivity index (χ4v) is 4.86. The molecule has 0 aliphatic heterocycles. The van der Waals surface area contributed by atoms with Gasteiger partial charge in [0.05, 0.1) is 11.4 Å². The lowest BCUT2D eigenvalue weighted by molar-refractivity contribution is 0.317. The van der Waals surface area contributed by atoms with Gasteiger partial charge in [-0.25, -0.2) is 8.42 Å². The summed E-state index contributed by atoms with van der Waals surface area (Å²) in [6.07, 6.45) is 5.63. The first kappa shape index (κ1) is 14.5. The van der Waals surface area contributed by atoms with E-state index in [4.69, 9.17) is 10.3 Å². The zero-order valence-corrected chi connectivity index (χ0v) is 12.4. The van der Waals surface area contributed by atoms with Crippen molar-refractivity contribution in [1.29, 1.82) is 0 Å². The molecule has 1 atom stereocenters. The molecule has 0 bridgehead atoms. The summed E-state index contributed by atoms with van der Waals surface area (Å²) in [5.41, 5.74) is 6.53. The van der Waals surface area contributed by atoms with Gasteiger partial charge in [-0.1, -0.05) is 24.4 Å². The van der Waals surface area contributed by atoms with Crippen LogP contribution in [0.5, 0.6) is 0 Å². The Morgan fingerprint density at radius 1 is 1.32 bits per heavy atom. The standard InChI is InChI=1S/C13H22N2O3S/c1-9-13(10(2)18-15-9)19(16,17)8-12(14)11-6-4-3-5-7-11/h11-12H,3-8,14H2,1-2H3. The van der Waals surface area contributed by atoms with Crippen LogP contribution in [-0.2, 0) is 9.84 Å². The SMILES string of the molecule is Cc1noc(C)c1S(=O)(=O)CC(N)C1CCCCC1. The highest BCUT2D eigenvalue weighted by molar-refractivity contribution is 7.91. The van der Waals surface area contributed by atoms with Gasteiger partial charge in [-0.2, -0.15) is 0 Å². The molecule has 0 aromatic carbocycles. The van der Waals surface area contributed by atoms with Crippen molar-refractivity contribution in [3.05, 3.63) is 11.5 Å². The van der Waals surface area contributed by atoms with Crippen molar-refractivity contribution in [1.82, 2.24) is 5.16 Å². The Bertz CT molecular complexity index is 511. The summed E-state index contributed by atoms with van der Waals surface area (Å²) in [7, 11) is -3.41. The molecule has 0 spiro atoms. The van der Waals surface area contributed by atoms with E-state index in [1.165, 1.54) is 6.42 Å². The van der Waals surface area contributed by atoms with Crippen LogP contribution in [0, 0.1) is 19.8 Å². The number of hydrogen-bond acceptors (Lipinski definition) is 5. The highest BCUT2D eigenvalue weighted by atomic mass is 32.2. The average Bonchev–Trinajstić information content (AvgIpc) is 2.70. The lowest BCUT2D eigenvalue weighted by atomic mass is 9.85. The highest BCUT2D eigenvalue weighted by Crippen LogP contribution is 2.28. The molecule has 1 aliphatic carbocycles. The molecule has 2 N–H and O–H groups in total. The topological polar surface area (TPSA) is 86.2 Å². The minimum absolute atomic E-state index is 0.0133. The zero-order chi connectivity index (χ0) is 14.0. The van der Waals surface area contributed by atoms with Crippen LogP contribution >= 0.6 is 0 Å². The van der Waals surface area contributed by atoms with Gasteiger partial charge in [0, 0.05) is 6.04 Å². The maximum absolute atomic E-state index is 12.4. The van der Waals surface area contributed by atoms with Gasteiger partial charge in [-0.05, 0) is 32.6 Å². The lowest BCUT2D eigenvalue weighted by Gasteiger charge is -2.27. The van der Waals surface area contributed by atoms with Crippen LogP contribution in [0.3, 0.4) is 0 Å². The van der Waals surface area contributed by atoms with E-state index in [1.807, 2.05) is 0 Å². The van der Waals surface area contributed by atoms with Gasteiger partial charge in [0.25, 0.3) is 0 Å². The van der Waals surface area contributed by atoms with Crippen LogP contribution in [0.1, 0.15) is 43.6 Å². The quantitative estimate of drug-likeness (QED) is 0.914. The van der Waals surface area contributed by atoms with Crippen molar-refractivity contribution in [2.45, 2.75) is 56.9 Å². The van der Waals surface area contributed by atoms with Gasteiger partial charge < -0.3 is 10.3 Å². The van der Waals surface area contributed by atoms with Crippen LogP contribution in [0.25, 0.3) is 0 Å². The molecule has 19 heavy (non-hydrogen) atoms. The van der Waals surface area contributed by atoms with Gasteiger partial charge >= 0.3 is 0 Å². The molecule has 108 valence electrons. The molecule has 2 rings (SSSR count). The van der Waals surface area contributed by atoms with E-state index in [2.05, 4.69) is 5.16 Å². The summed E-state index contributed by atoms with van der Waals surface area (Å²) in [5.74, 6) is 0.665. The van der Waals surface area contributed by atoms with Gasteiger partial charge in [0.2, 0.25) is 0 Å². The monoisotopic (exact) mass is 286 g/mol. The van der Waals surface area contributed by atoms with E-state index in [0.29, 0.717) is 17.4 Å². The Kier molecular flexibility index (Phi) is 4.30. The third-order valence-electron chi connectivity index (χ3n) is 3.95. The zero-order valence-electron chi connectivity index (χ0n) is 11.6. The predicted molar refractivity (Wildman–Crippen MR) is 72.6 cm³/mol. The molecule has 1 unspecified atom stereocenters. The molecule has 0 saturated heterocycles. The first-order valence-electron chi connectivity index (χ1n) is 6.83. The van der Waals surface area contributed by atoms with E-state index in [-0.39, 0.29) is 16.7 Å². The minimum Gasteiger partial charge on any atom is -0.360 e. The number of aromatic nitrogens is 1. The van der Waals surface area contributed by atoms with Crippen LogP contribution < -0.4 is 5.73 Å². The summed E-state index contributed by atoms with van der Waals surface area (Å²) in [6, 6.07) is -0.293.